The molecule has 0 atom stereocenters. The van der Waals surface area contributed by atoms with Gasteiger partial charge in [-0.15, -0.1) is 0 Å². The first kappa shape index (κ1) is 18.3. The van der Waals surface area contributed by atoms with Crippen molar-refractivity contribution in [1.82, 2.24) is 5.32 Å². The molecule has 2 aromatic carbocycles. The molecule has 1 N–H and O–H groups in total. The number of carbonyl (C=O) groups excluding carboxylic acids is 1. The first-order valence-corrected chi connectivity index (χ1v) is 8.65. The highest BCUT2D eigenvalue weighted by Gasteiger charge is 2.14. The topological polar surface area (TPSA) is 29.1 Å². The summed E-state index contributed by atoms with van der Waals surface area (Å²) in [4.78, 5) is 12.3. The number of hydrogen-bond donors (Lipinski definition) is 1. The van der Waals surface area contributed by atoms with Crippen molar-refractivity contribution in [3.8, 4) is 11.1 Å². The smallest absolute Gasteiger partial charge is 0.247 e. The fourth-order valence-corrected chi connectivity index (χ4v) is 2.95. The van der Waals surface area contributed by atoms with Gasteiger partial charge in [-0.1, -0.05) is 48.9 Å². The molecule has 2 nitrogen and oxygen atoms in total. The molecule has 0 radical (unpaired) electrons. The Hall–Kier alpha value is -2.06. The molecule has 0 bridgehead atoms. The van der Waals surface area contributed by atoms with E-state index in [1.54, 1.807) is 0 Å². The predicted octanol–water partition coefficient (Wildman–Crippen LogP) is 5.64. The molecule has 3 heteroatoms. The van der Waals surface area contributed by atoms with Crippen LogP contribution in [0.15, 0.2) is 48.0 Å². The molecule has 0 saturated carbocycles. The fraction of sp³-hybridized carbons (Fsp3) is 0.286. The maximum Gasteiger partial charge on any atom is 0.247 e. The lowest BCUT2D eigenvalue weighted by Crippen LogP contribution is -2.25. The van der Waals surface area contributed by atoms with Crippen LogP contribution in [0.3, 0.4) is 0 Å². The molecule has 0 aromatic heterocycles. The van der Waals surface area contributed by atoms with Crippen LogP contribution in [0.25, 0.3) is 16.7 Å². The van der Waals surface area contributed by atoms with Crippen LogP contribution in [0.5, 0.6) is 0 Å². The van der Waals surface area contributed by atoms with Crippen molar-refractivity contribution in [2.45, 2.75) is 34.1 Å². The van der Waals surface area contributed by atoms with Gasteiger partial charge in [0.2, 0.25) is 5.91 Å². The first-order chi connectivity index (χ1) is 11.5. The maximum absolute atomic E-state index is 12.3. The largest absolute Gasteiger partial charge is 0.352 e. The summed E-state index contributed by atoms with van der Waals surface area (Å²) < 4.78 is 0. The van der Waals surface area contributed by atoms with Gasteiger partial charge in [0.25, 0.3) is 0 Å². The van der Waals surface area contributed by atoms with Crippen LogP contribution in [-0.2, 0) is 4.79 Å². The monoisotopic (exact) mass is 341 g/mol. The predicted molar refractivity (Wildman–Crippen MR) is 103 cm³/mol. The highest BCUT2D eigenvalue weighted by Crippen LogP contribution is 2.33. The molecule has 0 aliphatic carbocycles. The zero-order valence-corrected chi connectivity index (χ0v) is 15.5. The van der Waals surface area contributed by atoms with Crippen molar-refractivity contribution in [2.24, 2.45) is 0 Å². The summed E-state index contributed by atoms with van der Waals surface area (Å²) in [5.74, 6) is -0.0185. The van der Waals surface area contributed by atoms with E-state index in [2.05, 4.69) is 24.4 Å². The fourth-order valence-electron chi connectivity index (χ4n) is 2.73. The number of halogens is 1. The van der Waals surface area contributed by atoms with E-state index in [4.69, 9.17) is 11.6 Å². The van der Waals surface area contributed by atoms with E-state index >= 15 is 0 Å². The van der Waals surface area contributed by atoms with Crippen LogP contribution in [0, 0.1) is 6.92 Å². The lowest BCUT2D eigenvalue weighted by molar-refractivity contribution is -0.117. The van der Waals surface area contributed by atoms with Crippen molar-refractivity contribution in [1.29, 1.82) is 0 Å². The lowest BCUT2D eigenvalue weighted by atomic mass is 9.91. The van der Waals surface area contributed by atoms with E-state index < -0.39 is 0 Å². The summed E-state index contributed by atoms with van der Waals surface area (Å²) in [6, 6.07) is 14.1. The van der Waals surface area contributed by atoms with Crippen molar-refractivity contribution >= 4 is 23.1 Å². The highest BCUT2D eigenvalue weighted by molar-refractivity contribution is 6.31. The van der Waals surface area contributed by atoms with Crippen LogP contribution < -0.4 is 5.32 Å². The standard InChI is InChI=1S/C21H24ClNO/c1-5-11-23-21(24)15(3)14(2)19-12-18(22)13-20(16(19)4)17-9-7-6-8-10-17/h6-10,12-13H,5,11H2,1-4H3,(H,23,24)/b15-14+. The molecule has 0 unspecified atom stereocenters. The molecular weight excluding hydrogens is 318 g/mol. The van der Waals surface area contributed by atoms with Gasteiger partial charge >= 0.3 is 0 Å². The second-order valence-corrected chi connectivity index (χ2v) is 6.43. The highest BCUT2D eigenvalue weighted by atomic mass is 35.5. The molecule has 0 fully saturated rings. The minimum Gasteiger partial charge on any atom is -0.352 e. The van der Waals surface area contributed by atoms with Gasteiger partial charge in [0, 0.05) is 17.1 Å². The number of amides is 1. The molecular formula is C21H24ClNO. The first-order valence-electron chi connectivity index (χ1n) is 8.27. The third-order valence-electron chi connectivity index (χ3n) is 4.30. The quantitative estimate of drug-likeness (QED) is 0.701. The van der Waals surface area contributed by atoms with Crippen LogP contribution >= 0.6 is 11.6 Å². The van der Waals surface area contributed by atoms with Gasteiger partial charge in [-0.3, -0.25) is 4.79 Å². The Morgan fingerprint density at radius 1 is 1.12 bits per heavy atom. The summed E-state index contributed by atoms with van der Waals surface area (Å²) in [5, 5.41) is 3.61. The van der Waals surface area contributed by atoms with E-state index in [9.17, 15) is 4.79 Å². The minimum atomic E-state index is -0.0185. The zero-order valence-electron chi connectivity index (χ0n) is 14.7. The van der Waals surface area contributed by atoms with Gasteiger partial charge in [-0.25, -0.2) is 0 Å². The van der Waals surface area contributed by atoms with E-state index in [1.807, 2.05) is 51.1 Å². The Kier molecular flexibility index (Phi) is 6.22. The molecule has 126 valence electrons. The van der Waals surface area contributed by atoms with E-state index in [0.29, 0.717) is 11.6 Å². The Bertz CT molecular complexity index is 763. The summed E-state index contributed by atoms with van der Waals surface area (Å²) >= 11 is 6.36. The van der Waals surface area contributed by atoms with Crippen LogP contribution in [0.1, 0.15) is 38.3 Å². The molecule has 0 heterocycles. The third-order valence-corrected chi connectivity index (χ3v) is 4.52. The Labute approximate surface area is 149 Å². The van der Waals surface area contributed by atoms with Gasteiger partial charge < -0.3 is 5.32 Å². The van der Waals surface area contributed by atoms with Gasteiger partial charge in [-0.05, 0) is 67.2 Å². The molecule has 0 aliphatic heterocycles. The van der Waals surface area contributed by atoms with Crippen molar-refractivity contribution in [2.75, 3.05) is 6.54 Å². The number of benzene rings is 2. The summed E-state index contributed by atoms with van der Waals surface area (Å²) in [6.07, 6.45) is 0.923. The number of nitrogens with one attached hydrogen (secondary N) is 1. The number of carbonyl (C=O) groups is 1. The lowest BCUT2D eigenvalue weighted by Gasteiger charge is -2.15. The molecule has 0 spiro atoms. The van der Waals surface area contributed by atoms with Gasteiger partial charge in [0.1, 0.15) is 0 Å². The summed E-state index contributed by atoms with van der Waals surface area (Å²) in [7, 11) is 0. The van der Waals surface area contributed by atoms with Crippen LogP contribution in [0.4, 0.5) is 0 Å². The van der Waals surface area contributed by atoms with Gasteiger partial charge in [0.05, 0.1) is 0 Å². The third kappa shape index (κ3) is 4.07. The van der Waals surface area contributed by atoms with Crippen molar-refractivity contribution in [3.05, 3.63) is 64.2 Å². The maximum atomic E-state index is 12.3. The zero-order chi connectivity index (χ0) is 17.7. The number of rotatable bonds is 5. The normalized spacial score (nSPS) is 11.9. The average molecular weight is 342 g/mol. The van der Waals surface area contributed by atoms with Crippen molar-refractivity contribution < 1.29 is 4.79 Å². The average Bonchev–Trinajstić information content (AvgIpc) is 2.60. The van der Waals surface area contributed by atoms with Gasteiger partial charge in [-0.2, -0.15) is 0 Å². The van der Waals surface area contributed by atoms with Crippen LogP contribution in [-0.4, -0.2) is 12.5 Å². The Morgan fingerprint density at radius 3 is 2.42 bits per heavy atom. The molecule has 1 amide bonds. The summed E-state index contributed by atoms with van der Waals surface area (Å²) in [5.41, 5.74) is 6.06. The second-order valence-electron chi connectivity index (χ2n) is 6.00. The second kappa shape index (κ2) is 8.16. The molecule has 2 rings (SSSR count). The van der Waals surface area contributed by atoms with Crippen LogP contribution in [0.2, 0.25) is 5.02 Å². The summed E-state index contributed by atoms with van der Waals surface area (Å²) in [6.45, 7) is 8.65. The Morgan fingerprint density at radius 2 is 1.79 bits per heavy atom. The Balaban J connectivity index is 2.51. The molecule has 0 saturated heterocycles. The minimum absolute atomic E-state index is 0.0185. The molecule has 0 aliphatic rings. The van der Waals surface area contributed by atoms with E-state index in [0.717, 1.165) is 39.8 Å². The molecule has 24 heavy (non-hydrogen) atoms. The van der Waals surface area contributed by atoms with E-state index in [-0.39, 0.29) is 5.91 Å². The SMILES string of the molecule is CCCNC(=O)/C(C)=C(\C)c1cc(Cl)cc(-c2ccccc2)c1C. The van der Waals surface area contributed by atoms with Crippen molar-refractivity contribution in [3.63, 3.8) is 0 Å². The molecule has 2 aromatic rings. The number of allylic oxidation sites excluding steroid dienone is 1. The van der Waals surface area contributed by atoms with E-state index in [1.165, 1.54) is 0 Å². The van der Waals surface area contributed by atoms with Gasteiger partial charge in [0.15, 0.2) is 0 Å². The number of hydrogen-bond acceptors (Lipinski definition) is 1.